The van der Waals surface area contributed by atoms with E-state index >= 15 is 0 Å². The SMILES string of the molecule is COc1ccc(N(c2ccc(OC)cc2)c2ccccc2-c2cc(Oc3ccc(N(c4ccc(OC)cc4)c4ccc(OC)cc4)c(-c4ccccc4N(c4ccc(OC)cc4)c4ccc(OC)cc4)c3)ccc2N(c2ccc(OC)cc2)c2ccc(OC)cc2)cc1. The molecule has 0 amide bonds. The molecule has 0 N–H and O–H groups in total. The third-order valence-electron chi connectivity index (χ3n) is 16.2. The minimum Gasteiger partial charge on any atom is -0.497 e. The van der Waals surface area contributed by atoms with Crippen LogP contribution in [0.25, 0.3) is 22.3 Å². The van der Waals surface area contributed by atoms with Crippen LogP contribution in [-0.2, 0) is 0 Å². The number of rotatable bonds is 24. The van der Waals surface area contributed by atoms with Gasteiger partial charge in [0, 0.05) is 67.8 Å². The molecule has 0 heterocycles. The van der Waals surface area contributed by atoms with Crippen LogP contribution in [0.2, 0.25) is 0 Å². The molecule has 0 aromatic heterocycles. The van der Waals surface area contributed by atoms with Gasteiger partial charge in [-0.25, -0.2) is 0 Å². The van der Waals surface area contributed by atoms with Gasteiger partial charge in [-0.15, -0.1) is 0 Å². The van der Waals surface area contributed by atoms with Crippen molar-refractivity contribution in [2.45, 2.75) is 0 Å². The van der Waals surface area contributed by atoms with Crippen molar-refractivity contribution in [3.63, 3.8) is 0 Å². The lowest BCUT2D eigenvalue weighted by atomic mass is 9.97. The fourth-order valence-corrected chi connectivity index (χ4v) is 11.5. The molecule has 0 unspecified atom stereocenters. The van der Waals surface area contributed by atoms with Crippen LogP contribution in [-0.4, -0.2) is 56.9 Å². The Labute approximate surface area is 543 Å². The van der Waals surface area contributed by atoms with E-state index in [1.165, 1.54) is 0 Å². The molecule has 0 saturated carbocycles. The molecule has 0 atom stereocenters. The summed E-state index contributed by atoms with van der Waals surface area (Å²) >= 11 is 0. The van der Waals surface area contributed by atoms with Gasteiger partial charge in [-0.2, -0.15) is 0 Å². The molecule has 12 rings (SSSR count). The van der Waals surface area contributed by atoms with E-state index in [0.717, 1.165) is 136 Å². The van der Waals surface area contributed by atoms with E-state index in [1.54, 1.807) is 56.9 Å². The highest BCUT2D eigenvalue weighted by atomic mass is 16.5. The van der Waals surface area contributed by atoms with Crippen LogP contribution < -0.4 is 62.2 Å². The van der Waals surface area contributed by atoms with Gasteiger partial charge in [-0.3, -0.25) is 0 Å². The van der Waals surface area contributed by atoms with E-state index in [1.807, 2.05) is 109 Å². The maximum absolute atomic E-state index is 7.37. The third kappa shape index (κ3) is 13.2. The number of anilines is 12. The Bertz CT molecular complexity index is 3960. The van der Waals surface area contributed by atoms with E-state index < -0.39 is 0 Å². The van der Waals surface area contributed by atoms with Gasteiger partial charge in [0.15, 0.2) is 0 Å². The van der Waals surface area contributed by atoms with Crippen molar-refractivity contribution in [1.29, 1.82) is 0 Å². The van der Waals surface area contributed by atoms with Gasteiger partial charge in [0.05, 0.1) is 79.6 Å². The molecule has 12 aromatic carbocycles. The highest BCUT2D eigenvalue weighted by Crippen LogP contribution is 2.52. The molecule has 0 aliphatic rings. The van der Waals surface area contributed by atoms with Gasteiger partial charge in [0.25, 0.3) is 0 Å². The molecule has 0 fully saturated rings. The van der Waals surface area contributed by atoms with Gasteiger partial charge in [0.1, 0.15) is 57.5 Å². The standard InChI is InChI=1S/C80H70N4O9/c1-85-63-33-17-55(18-34-63)81(56-19-35-64(86-2)36-20-56)77-15-11-9-13-73(77)75-53-71(49-51-79(75)83(59-25-41-67(89-5)42-26-59)60-27-43-68(90-6)44-28-60)93-72-50-52-80(84(61-29-45-69(91-7)46-30-61)62-31-47-70(92-8)48-32-62)76(54-72)74-14-10-12-16-78(74)82(57-21-37-65(87-3)38-22-57)58-23-39-66(88-4)40-24-58/h9-54H,1-8H3. The first-order valence-corrected chi connectivity index (χ1v) is 30.2. The van der Waals surface area contributed by atoms with Crippen molar-refractivity contribution in [2.24, 2.45) is 0 Å². The molecule has 0 aliphatic carbocycles. The summed E-state index contributed by atoms with van der Waals surface area (Å²) in [5, 5.41) is 0. The average molecular weight is 1230 g/mol. The largest absolute Gasteiger partial charge is 0.497 e. The highest BCUT2D eigenvalue weighted by molar-refractivity contribution is 5.98. The van der Waals surface area contributed by atoms with E-state index in [9.17, 15) is 0 Å². The van der Waals surface area contributed by atoms with Crippen LogP contribution in [0.1, 0.15) is 0 Å². The molecule has 0 radical (unpaired) electrons. The van der Waals surface area contributed by atoms with Crippen LogP contribution in [0.4, 0.5) is 68.2 Å². The molecule has 0 bridgehead atoms. The fraction of sp³-hybridized carbons (Fsp3) is 0.100. The summed E-state index contributed by atoms with van der Waals surface area (Å²) in [5.74, 6) is 7.06. The first-order valence-electron chi connectivity index (χ1n) is 30.2. The maximum atomic E-state index is 7.37. The quantitative estimate of drug-likeness (QED) is 0.0575. The van der Waals surface area contributed by atoms with Crippen molar-refractivity contribution in [3.05, 3.63) is 279 Å². The predicted molar refractivity (Wildman–Crippen MR) is 375 cm³/mol. The molecular formula is C80H70N4O9. The van der Waals surface area contributed by atoms with Crippen molar-refractivity contribution in [3.8, 4) is 79.7 Å². The first-order chi connectivity index (χ1) is 45.7. The van der Waals surface area contributed by atoms with Gasteiger partial charge in [-0.05, 0) is 243 Å². The Kier molecular flexibility index (Phi) is 18.6. The molecule has 13 heteroatoms. The number of ether oxygens (including phenoxy) is 9. The number of hydrogen-bond acceptors (Lipinski definition) is 13. The van der Waals surface area contributed by atoms with E-state index in [2.05, 4.69) is 189 Å². The van der Waals surface area contributed by atoms with Gasteiger partial charge in [0.2, 0.25) is 0 Å². The summed E-state index contributed by atoms with van der Waals surface area (Å²) in [7, 11) is 13.4. The number of hydrogen-bond donors (Lipinski definition) is 0. The zero-order valence-corrected chi connectivity index (χ0v) is 53.0. The monoisotopic (exact) mass is 1230 g/mol. The summed E-state index contributed by atoms with van der Waals surface area (Å²) in [4.78, 5) is 8.98. The Morgan fingerprint density at radius 1 is 0.172 bits per heavy atom. The van der Waals surface area contributed by atoms with Crippen LogP contribution in [0.15, 0.2) is 279 Å². The summed E-state index contributed by atoms with van der Waals surface area (Å²) in [6, 6.07) is 94.2. The van der Waals surface area contributed by atoms with Crippen LogP contribution >= 0.6 is 0 Å². The number of methoxy groups -OCH3 is 8. The molecule has 93 heavy (non-hydrogen) atoms. The van der Waals surface area contributed by atoms with Crippen molar-refractivity contribution in [1.82, 2.24) is 0 Å². The minimum atomic E-state index is 0.584. The topological polar surface area (TPSA) is 96.0 Å². The van der Waals surface area contributed by atoms with Crippen LogP contribution in [0.3, 0.4) is 0 Å². The van der Waals surface area contributed by atoms with E-state index in [4.69, 9.17) is 42.6 Å². The molecule has 0 saturated heterocycles. The Hall–Kier alpha value is -12.0. The van der Waals surface area contributed by atoms with Gasteiger partial charge < -0.3 is 62.2 Å². The van der Waals surface area contributed by atoms with Gasteiger partial charge >= 0.3 is 0 Å². The zero-order chi connectivity index (χ0) is 64.2. The summed E-state index contributed by atoms with van der Waals surface area (Å²) in [6.45, 7) is 0. The smallest absolute Gasteiger partial charge is 0.128 e. The summed E-state index contributed by atoms with van der Waals surface area (Å²) < 4.78 is 52.9. The first kappa shape index (κ1) is 61.3. The normalized spacial score (nSPS) is 10.8. The number of nitrogens with zero attached hydrogens (tertiary/aromatic N) is 4. The Morgan fingerprint density at radius 2 is 0.344 bits per heavy atom. The summed E-state index contributed by atoms with van der Waals surface area (Å²) in [5.41, 5.74) is 14.3. The van der Waals surface area contributed by atoms with Crippen molar-refractivity contribution in [2.75, 3.05) is 76.5 Å². The molecule has 0 spiro atoms. The zero-order valence-electron chi connectivity index (χ0n) is 53.0. The minimum absolute atomic E-state index is 0.584. The molecule has 12 aromatic rings. The third-order valence-corrected chi connectivity index (χ3v) is 16.2. The van der Waals surface area contributed by atoms with Crippen LogP contribution in [0.5, 0.6) is 57.5 Å². The maximum Gasteiger partial charge on any atom is 0.128 e. The second kappa shape index (κ2) is 28.3. The van der Waals surface area contributed by atoms with Crippen molar-refractivity contribution < 1.29 is 42.6 Å². The second-order valence-corrected chi connectivity index (χ2v) is 21.4. The van der Waals surface area contributed by atoms with Gasteiger partial charge in [-0.1, -0.05) is 36.4 Å². The van der Waals surface area contributed by atoms with Crippen LogP contribution in [0, 0.1) is 0 Å². The lowest BCUT2D eigenvalue weighted by Gasteiger charge is -2.32. The predicted octanol–water partition coefficient (Wildman–Crippen LogP) is 20.8. The average Bonchev–Trinajstić information content (AvgIpc) is 0.885. The van der Waals surface area contributed by atoms with E-state index in [0.29, 0.717) is 11.5 Å². The lowest BCUT2D eigenvalue weighted by Crippen LogP contribution is -2.14. The Balaban J connectivity index is 1.09. The second-order valence-electron chi connectivity index (χ2n) is 21.4. The molecule has 0 aliphatic heterocycles. The Morgan fingerprint density at radius 3 is 0.538 bits per heavy atom. The molecule has 13 nitrogen and oxygen atoms in total. The lowest BCUT2D eigenvalue weighted by molar-refractivity contribution is 0.414. The summed E-state index contributed by atoms with van der Waals surface area (Å²) in [6.07, 6.45) is 0. The van der Waals surface area contributed by atoms with Crippen molar-refractivity contribution >= 4 is 68.2 Å². The van der Waals surface area contributed by atoms with E-state index in [-0.39, 0.29) is 0 Å². The fourth-order valence-electron chi connectivity index (χ4n) is 11.5. The molecule has 464 valence electrons. The highest BCUT2D eigenvalue weighted by Gasteiger charge is 2.27. The molecular weight excluding hydrogens is 1160 g/mol. The number of benzene rings is 12. The number of para-hydroxylation sites is 2.